The molecule has 1 heterocycles. The first-order valence-corrected chi connectivity index (χ1v) is 7.21. The number of fused-ring (bicyclic) bond motifs is 1. The van der Waals surface area contributed by atoms with Crippen molar-refractivity contribution in [1.82, 2.24) is 4.90 Å². The minimum atomic E-state index is 0.288. The molecule has 1 saturated heterocycles. The van der Waals surface area contributed by atoms with Gasteiger partial charge < -0.3 is 10.5 Å². The van der Waals surface area contributed by atoms with E-state index in [4.69, 9.17) is 10.5 Å². The molecule has 1 fully saturated rings. The Morgan fingerprint density at radius 2 is 2.00 bits per heavy atom. The Balaban J connectivity index is 1.97. The van der Waals surface area contributed by atoms with Crippen molar-refractivity contribution in [3.8, 4) is 5.75 Å². The summed E-state index contributed by atoms with van der Waals surface area (Å²) in [5, 5.41) is 2.54. The summed E-state index contributed by atoms with van der Waals surface area (Å²) in [6, 6.07) is 13.0. The van der Waals surface area contributed by atoms with E-state index in [1.54, 1.807) is 7.11 Å². The number of hydrogen-bond acceptors (Lipinski definition) is 3. The van der Waals surface area contributed by atoms with E-state index in [0.717, 1.165) is 25.4 Å². The molecular formula is C17H22N2O. The molecule has 1 aliphatic heterocycles. The molecule has 0 bridgehead atoms. The lowest BCUT2D eigenvalue weighted by Crippen LogP contribution is -2.28. The maximum absolute atomic E-state index is 6.13. The fraction of sp³-hybridized carbons (Fsp3) is 0.412. The molecule has 0 aromatic heterocycles. The zero-order valence-corrected chi connectivity index (χ0v) is 12.2. The highest BCUT2D eigenvalue weighted by Crippen LogP contribution is 2.30. The lowest BCUT2D eigenvalue weighted by atomic mass is 10.0. The smallest absolute Gasteiger partial charge is 0.123 e. The first kappa shape index (κ1) is 13.4. The van der Waals surface area contributed by atoms with E-state index in [1.807, 2.05) is 0 Å². The van der Waals surface area contributed by atoms with E-state index < -0.39 is 0 Å². The van der Waals surface area contributed by atoms with Crippen molar-refractivity contribution < 1.29 is 4.74 Å². The highest BCUT2D eigenvalue weighted by atomic mass is 16.5. The van der Waals surface area contributed by atoms with Gasteiger partial charge in [-0.2, -0.15) is 0 Å². The van der Waals surface area contributed by atoms with Crippen LogP contribution < -0.4 is 10.5 Å². The number of ether oxygens (including phenoxy) is 1. The molecule has 0 aliphatic carbocycles. The third-order valence-corrected chi connectivity index (χ3v) is 4.35. The third kappa shape index (κ3) is 2.39. The predicted octanol–water partition coefficient (Wildman–Crippen LogP) is 2.63. The van der Waals surface area contributed by atoms with Gasteiger partial charge >= 0.3 is 0 Å². The number of rotatable bonds is 3. The van der Waals surface area contributed by atoms with Gasteiger partial charge in [0.1, 0.15) is 5.75 Å². The molecule has 1 aliphatic rings. The summed E-state index contributed by atoms with van der Waals surface area (Å²) in [6.45, 7) is 5.16. The molecule has 0 saturated carbocycles. The molecule has 2 N–H and O–H groups in total. The molecule has 106 valence electrons. The van der Waals surface area contributed by atoms with Gasteiger partial charge in [0, 0.05) is 31.2 Å². The second-order valence-corrected chi connectivity index (χ2v) is 5.80. The van der Waals surface area contributed by atoms with Crippen LogP contribution in [-0.4, -0.2) is 31.1 Å². The molecule has 3 nitrogen and oxygen atoms in total. The summed E-state index contributed by atoms with van der Waals surface area (Å²) in [6.07, 6.45) is 0. The first-order chi connectivity index (χ1) is 9.69. The van der Waals surface area contributed by atoms with E-state index in [9.17, 15) is 0 Å². The number of methoxy groups -OCH3 is 1. The van der Waals surface area contributed by atoms with Crippen LogP contribution in [-0.2, 0) is 6.54 Å². The van der Waals surface area contributed by atoms with E-state index >= 15 is 0 Å². The monoisotopic (exact) mass is 270 g/mol. The third-order valence-electron chi connectivity index (χ3n) is 4.35. The second kappa shape index (κ2) is 5.43. The minimum absolute atomic E-state index is 0.288. The van der Waals surface area contributed by atoms with E-state index in [-0.39, 0.29) is 6.04 Å². The summed E-state index contributed by atoms with van der Waals surface area (Å²) in [5.74, 6) is 1.53. The van der Waals surface area contributed by atoms with Crippen LogP contribution in [0.1, 0.15) is 12.5 Å². The summed E-state index contributed by atoms with van der Waals surface area (Å²) < 4.78 is 5.56. The second-order valence-electron chi connectivity index (χ2n) is 5.80. The van der Waals surface area contributed by atoms with Gasteiger partial charge in [-0.3, -0.25) is 4.90 Å². The van der Waals surface area contributed by atoms with Crippen molar-refractivity contribution in [2.24, 2.45) is 11.7 Å². The number of benzene rings is 2. The zero-order valence-electron chi connectivity index (χ0n) is 12.2. The van der Waals surface area contributed by atoms with Gasteiger partial charge in [-0.1, -0.05) is 37.3 Å². The minimum Gasteiger partial charge on any atom is -0.496 e. The van der Waals surface area contributed by atoms with Gasteiger partial charge in [-0.25, -0.2) is 0 Å². The number of likely N-dealkylation sites (tertiary alicyclic amines) is 1. The Kier molecular flexibility index (Phi) is 3.64. The van der Waals surface area contributed by atoms with E-state index in [2.05, 4.69) is 48.2 Å². The highest BCUT2D eigenvalue weighted by Gasteiger charge is 2.27. The number of nitrogens with two attached hydrogens (primary N) is 1. The molecule has 2 atom stereocenters. The van der Waals surface area contributed by atoms with Crippen molar-refractivity contribution in [2.75, 3.05) is 20.2 Å². The van der Waals surface area contributed by atoms with Crippen molar-refractivity contribution in [2.45, 2.75) is 19.5 Å². The van der Waals surface area contributed by atoms with Gasteiger partial charge in [0.15, 0.2) is 0 Å². The molecular weight excluding hydrogens is 248 g/mol. The van der Waals surface area contributed by atoms with Crippen LogP contribution >= 0.6 is 0 Å². The fourth-order valence-corrected chi connectivity index (χ4v) is 3.12. The molecule has 2 unspecified atom stereocenters. The summed E-state index contributed by atoms with van der Waals surface area (Å²) >= 11 is 0. The number of hydrogen-bond donors (Lipinski definition) is 1. The van der Waals surface area contributed by atoms with Crippen LogP contribution in [0.4, 0.5) is 0 Å². The summed E-state index contributed by atoms with van der Waals surface area (Å²) in [4.78, 5) is 2.43. The molecule has 2 aromatic carbocycles. The topological polar surface area (TPSA) is 38.5 Å². The number of nitrogens with zero attached hydrogens (tertiary/aromatic N) is 1. The first-order valence-electron chi connectivity index (χ1n) is 7.21. The van der Waals surface area contributed by atoms with Gasteiger partial charge in [0.2, 0.25) is 0 Å². The van der Waals surface area contributed by atoms with Crippen molar-refractivity contribution in [3.63, 3.8) is 0 Å². The molecule has 0 radical (unpaired) electrons. The fourth-order valence-electron chi connectivity index (χ4n) is 3.12. The average Bonchev–Trinajstić information content (AvgIpc) is 2.78. The van der Waals surface area contributed by atoms with Gasteiger partial charge in [0.25, 0.3) is 0 Å². The van der Waals surface area contributed by atoms with Crippen LogP contribution in [0.3, 0.4) is 0 Å². The zero-order chi connectivity index (χ0) is 14.1. The van der Waals surface area contributed by atoms with E-state index in [0.29, 0.717) is 5.92 Å². The van der Waals surface area contributed by atoms with Gasteiger partial charge in [-0.15, -0.1) is 0 Å². The largest absolute Gasteiger partial charge is 0.496 e. The summed E-state index contributed by atoms with van der Waals surface area (Å²) in [7, 11) is 1.74. The molecule has 2 aromatic rings. The Morgan fingerprint density at radius 3 is 2.70 bits per heavy atom. The Morgan fingerprint density at radius 1 is 1.20 bits per heavy atom. The average molecular weight is 270 g/mol. The molecule has 0 amide bonds. The standard InChI is InChI=1S/C17H22N2O/c1-12-9-19(11-16(12)18)10-15-14-6-4-3-5-13(14)7-8-17(15)20-2/h3-8,12,16H,9-11,18H2,1-2H3. The quantitative estimate of drug-likeness (QED) is 0.932. The lowest BCUT2D eigenvalue weighted by Gasteiger charge is -2.19. The van der Waals surface area contributed by atoms with Crippen molar-refractivity contribution in [3.05, 3.63) is 42.0 Å². The summed E-state index contributed by atoms with van der Waals surface area (Å²) in [5.41, 5.74) is 7.40. The highest BCUT2D eigenvalue weighted by molar-refractivity contribution is 5.87. The molecule has 3 rings (SSSR count). The van der Waals surface area contributed by atoms with Crippen LogP contribution in [0.5, 0.6) is 5.75 Å². The van der Waals surface area contributed by atoms with Crippen LogP contribution in [0.25, 0.3) is 10.8 Å². The molecule has 20 heavy (non-hydrogen) atoms. The van der Waals surface area contributed by atoms with Gasteiger partial charge in [-0.05, 0) is 22.8 Å². The van der Waals surface area contributed by atoms with Crippen LogP contribution in [0.15, 0.2) is 36.4 Å². The predicted molar refractivity (Wildman–Crippen MR) is 82.9 cm³/mol. The van der Waals surface area contributed by atoms with Crippen LogP contribution in [0.2, 0.25) is 0 Å². The SMILES string of the molecule is COc1ccc2ccccc2c1CN1CC(C)C(N)C1. The normalized spacial score (nSPS) is 23.4. The molecule has 3 heteroatoms. The van der Waals surface area contributed by atoms with Crippen LogP contribution in [0, 0.1) is 5.92 Å². The Hall–Kier alpha value is -1.58. The maximum atomic E-state index is 6.13. The van der Waals surface area contributed by atoms with Crippen molar-refractivity contribution in [1.29, 1.82) is 0 Å². The lowest BCUT2D eigenvalue weighted by molar-refractivity contribution is 0.311. The Bertz CT molecular complexity index is 601. The van der Waals surface area contributed by atoms with Gasteiger partial charge in [0.05, 0.1) is 7.11 Å². The van der Waals surface area contributed by atoms with Crippen molar-refractivity contribution >= 4 is 10.8 Å². The molecule has 0 spiro atoms. The Labute approximate surface area is 120 Å². The van der Waals surface area contributed by atoms with E-state index in [1.165, 1.54) is 16.3 Å². The maximum Gasteiger partial charge on any atom is 0.123 e.